The average molecular weight is 433 g/mol. The number of piperidine rings is 1. The van der Waals surface area contributed by atoms with E-state index < -0.39 is 0 Å². The zero-order chi connectivity index (χ0) is 19.2. The molecule has 144 valence electrons. The number of carbonyl (C=O) groups excluding carboxylic acids is 2. The Morgan fingerprint density at radius 3 is 2.48 bits per heavy atom. The number of nitrogens with zero attached hydrogens (tertiary/aromatic N) is 1. The van der Waals surface area contributed by atoms with Crippen LogP contribution in [-0.2, 0) is 11.2 Å². The van der Waals surface area contributed by atoms with E-state index in [1.807, 2.05) is 4.90 Å². The van der Waals surface area contributed by atoms with Crippen molar-refractivity contribution < 1.29 is 14.0 Å². The van der Waals surface area contributed by atoms with Crippen molar-refractivity contribution in [2.24, 2.45) is 5.92 Å². The number of amides is 2. The number of aryl methyl sites for hydroxylation is 2. The summed E-state index contributed by atoms with van der Waals surface area (Å²) in [7, 11) is 0. The third-order valence-corrected chi connectivity index (χ3v) is 5.55. The molecule has 1 aromatic carbocycles. The van der Waals surface area contributed by atoms with E-state index in [-0.39, 0.29) is 24.1 Å². The summed E-state index contributed by atoms with van der Waals surface area (Å²) in [5, 5.41) is 2.63. The van der Waals surface area contributed by atoms with Crippen LogP contribution in [0.15, 0.2) is 45.5 Å². The highest BCUT2D eigenvalue weighted by Gasteiger charge is 2.23. The number of furan rings is 1. The van der Waals surface area contributed by atoms with Crippen LogP contribution in [0.4, 0.5) is 0 Å². The summed E-state index contributed by atoms with van der Waals surface area (Å²) in [5.41, 5.74) is 2.67. The molecule has 2 heterocycles. The lowest BCUT2D eigenvalue weighted by atomic mass is 9.90. The van der Waals surface area contributed by atoms with E-state index >= 15 is 0 Å². The summed E-state index contributed by atoms with van der Waals surface area (Å²) in [5.74, 6) is 0.447. The molecule has 1 aliphatic heterocycles. The Kier molecular flexibility index (Phi) is 6.72. The van der Waals surface area contributed by atoms with Crippen molar-refractivity contribution in [2.75, 3.05) is 19.6 Å². The number of carbonyl (C=O) groups is 2. The maximum absolute atomic E-state index is 12.3. The van der Waals surface area contributed by atoms with E-state index in [9.17, 15) is 9.59 Å². The molecule has 0 radical (unpaired) electrons. The van der Waals surface area contributed by atoms with Gasteiger partial charge in [0.25, 0.3) is 5.91 Å². The summed E-state index contributed by atoms with van der Waals surface area (Å²) in [6.07, 6.45) is 4.30. The lowest BCUT2D eigenvalue weighted by molar-refractivity contribution is -0.131. The van der Waals surface area contributed by atoms with Gasteiger partial charge in [-0.15, -0.1) is 0 Å². The van der Waals surface area contributed by atoms with Gasteiger partial charge in [-0.05, 0) is 72.2 Å². The van der Waals surface area contributed by atoms with Crippen LogP contribution in [0, 0.1) is 12.8 Å². The lowest BCUT2D eigenvalue weighted by Gasteiger charge is -2.32. The van der Waals surface area contributed by atoms with Gasteiger partial charge >= 0.3 is 0 Å². The average Bonchev–Trinajstić information content (AvgIpc) is 3.12. The highest BCUT2D eigenvalue weighted by molar-refractivity contribution is 9.10. The van der Waals surface area contributed by atoms with Gasteiger partial charge in [-0.2, -0.15) is 0 Å². The van der Waals surface area contributed by atoms with Crippen molar-refractivity contribution in [3.05, 3.63) is 58.0 Å². The number of rotatable bonds is 6. The highest BCUT2D eigenvalue weighted by Crippen LogP contribution is 2.22. The van der Waals surface area contributed by atoms with Crippen LogP contribution in [0.25, 0.3) is 0 Å². The fourth-order valence-electron chi connectivity index (χ4n) is 3.39. The fourth-order valence-corrected chi connectivity index (χ4v) is 3.69. The number of nitrogens with one attached hydrogen (secondary N) is 1. The topological polar surface area (TPSA) is 62.6 Å². The second-order valence-corrected chi connectivity index (χ2v) is 7.92. The van der Waals surface area contributed by atoms with Crippen LogP contribution < -0.4 is 5.32 Å². The van der Waals surface area contributed by atoms with Crippen LogP contribution in [0.2, 0.25) is 0 Å². The third kappa shape index (κ3) is 5.70. The minimum Gasteiger partial charge on any atom is -0.444 e. The van der Waals surface area contributed by atoms with Crippen molar-refractivity contribution in [1.82, 2.24) is 10.2 Å². The number of benzene rings is 1. The molecule has 1 aromatic heterocycles. The van der Waals surface area contributed by atoms with Crippen LogP contribution in [0.5, 0.6) is 0 Å². The number of hydrogen-bond acceptors (Lipinski definition) is 3. The summed E-state index contributed by atoms with van der Waals surface area (Å²) in [4.78, 5) is 26.1. The first-order valence-electron chi connectivity index (χ1n) is 9.38. The maximum atomic E-state index is 12.3. The van der Waals surface area contributed by atoms with Crippen molar-refractivity contribution in [2.45, 2.75) is 32.6 Å². The molecule has 0 atom stereocenters. The second kappa shape index (κ2) is 9.22. The van der Waals surface area contributed by atoms with E-state index in [4.69, 9.17) is 4.42 Å². The Morgan fingerprint density at radius 2 is 1.85 bits per heavy atom. The predicted molar refractivity (Wildman–Crippen MR) is 108 cm³/mol. The van der Waals surface area contributed by atoms with Gasteiger partial charge in [-0.25, -0.2) is 0 Å². The van der Waals surface area contributed by atoms with Crippen LogP contribution in [0.1, 0.15) is 40.9 Å². The third-order valence-electron chi connectivity index (χ3n) is 5.13. The minimum absolute atomic E-state index is 0.00514. The predicted octanol–water partition coefficient (Wildman–Crippen LogP) is 3.95. The Labute approximate surface area is 168 Å². The molecule has 2 amide bonds. The van der Waals surface area contributed by atoms with E-state index in [0.717, 1.165) is 38.8 Å². The van der Waals surface area contributed by atoms with Crippen LogP contribution in [0.3, 0.4) is 0 Å². The first kappa shape index (κ1) is 19.7. The zero-order valence-electron chi connectivity index (χ0n) is 15.5. The second-order valence-electron chi connectivity index (χ2n) is 7.13. The maximum Gasteiger partial charge on any atom is 0.287 e. The number of hydrogen-bond donors (Lipinski definition) is 1. The molecule has 27 heavy (non-hydrogen) atoms. The van der Waals surface area contributed by atoms with Crippen molar-refractivity contribution in [1.29, 1.82) is 0 Å². The zero-order valence-corrected chi connectivity index (χ0v) is 17.1. The molecule has 2 aromatic rings. The van der Waals surface area contributed by atoms with Crippen molar-refractivity contribution in [3.8, 4) is 0 Å². The molecule has 6 heteroatoms. The standard InChI is InChI=1S/C21H25BrN2O3/c1-15-2-4-16(5-3-15)6-7-17-10-12-24(13-11-17)20(25)14-23-21(26)18-8-9-19(22)27-18/h2-5,8-9,17H,6-7,10-14H2,1H3,(H,23,26). The summed E-state index contributed by atoms with van der Waals surface area (Å²) in [6.45, 7) is 3.64. The Bertz CT molecular complexity index is 777. The van der Waals surface area contributed by atoms with E-state index in [1.54, 1.807) is 12.1 Å². The molecule has 1 aliphatic rings. The van der Waals surface area contributed by atoms with Gasteiger partial charge in [0.05, 0.1) is 6.54 Å². The Hall–Kier alpha value is -2.08. The van der Waals surface area contributed by atoms with Gasteiger partial charge in [-0.1, -0.05) is 29.8 Å². The largest absolute Gasteiger partial charge is 0.444 e. The van der Waals surface area contributed by atoms with Crippen molar-refractivity contribution >= 4 is 27.7 Å². The molecule has 1 saturated heterocycles. The molecule has 1 N–H and O–H groups in total. The molecular weight excluding hydrogens is 408 g/mol. The molecule has 3 rings (SSSR count). The van der Waals surface area contributed by atoms with Crippen molar-refractivity contribution in [3.63, 3.8) is 0 Å². The fraction of sp³-hybridized carbons (Fsp3) is 0.429. The molecule has 5 nitrogen and oxygen atoms in total. The van der Waals surface area contributed by atoms with Crippen LogP contribution in [-0.4, -0.2) is 36.3 Å². The van der Waals surface area contributed by atoms with Gasteiger partial charge in [0.15, 0.2) is 10.4 Å². The Morgan fingerprint density at radius 1 is 1.15 bits per heavy atom. The van der Waals surface area contributed by atoms with E-state index in [2.05, 4.69) is 52.4 Å². The number of halogens is 1. The molecule has 0 aliphatic carbocycles. The van der Waals surface area contributed by atoms with E-state index in [1.165, 1.54) is 11.1 Å². The highest BCUT2D eigenvalue weighted by atomic mass is 79.9. The quantitative estimate of drug-likeness (QED) is 0.751. The molecule has 0 bridgehead atoms. The molecule has 1 fully saturated rings. The monoisotopic (exact) mass is 432 g/mol. The lowest BCUT2D eigenvalue weighted by Crippen LogP contribution is -2.44. The minimum atomic E-state index is -0.373. The van der Waals surface area contributed by atoms with Gasteiger partial charge in [0.2, 0.25) is 5.91 Å². The van der Waals surface area contributed by atoms with E-state index in [0.29, 0.717) is 10.6 Å². The molecule has 0 unspecified atom stereocenters. The molecular formula is C21H25BrN2O3. The SMILES string of the molecule is Cc1ccc(CCC2CCN(C(=O)CNC(=O)c3ccc(Br)o3)CC2)cc1. The summed E-state index contributed by atoms with van der Waals surface area (Å²) < 4.78 is 5.68. The van der Waals surface area contributed by atoms with Gasteiger partial charge in [-0.3, -0.25) is 9.59 Å². The van der Waals surface area contributed by atoms with Crippen LogP contribution >= 0.6 is 15.9 Å². The normalized spacial score (nSPS) is 15.0. The first-order chi connectivity index (χ1) is 13.0. The number of likely N-dealkylation sites (tertiary alicyclic amines) is 1. The first-order valence-corrected chi connectivity index (χ1v) is 10.2. The summed E-state index contributed by atoms with van der Waals surface area (Å²) >= 11 is 3.16. The van der Waals surface area contributed by atoms with Gasteiger partial charge in [0.1, 0.15) is 0 Å². The Balaban J connectivity index is 1.37. The van der Waals surface area contributed by atoms with Gasteiger partial charge < -0.3 is 14.6 Å². The smallest absolute Gasteiger partial charge is 0.287 e. The molecule has 0 saturated carbocycles. The summed E-state index contributed by atoms with van der Waals surface area (Å²) in [6, 6.07) is 11.9. The van der Waals surface area contributed by atoms with Gasteiger partial charge in [0, 0.05) is 13.1 Å². The molecule has 0 spiro atoms.